The van der Waals surface area contributed by atoms with Gasteiger partial charge in [0.25, 0.3) is 0 Å². The molecule has 3 atom stereocenters. The summed E-state index contributed by atoms with van der Waals surface area (Å²) in [6, 6.07) is 0. The number of carbonyl (C=O) groups is 1. The van der Waals surface area contributed by atoms with E-state index in [0.29, 0.717) is 25.4 Å². The quantitative estimate of drug-likeness (QED) is 0.124. The van der Waals surface area contributed by atoms with Crippen molar-refractivity contribution in [1.29, 1.82) is 0 Å². The highest BCUT2D eigenvalue weighted by Crippen LogP contribution is 2.39. The van der Waals surface area contributed by atoms with E-state index in [1.54, 1.807) is 6.92 Å². The number of hydrogen-bond donors (Lipinski definition) is 1. The third kappa shape index (κ3) is 11.0. The fourth-order valence-electron chi connectivity index (χ4n) is 4.35. The molecule has 1 aliphatic rings. The van der Waals surface area contributed by atoms with E-state index in [1.165, 1.54) is 38.5 Å². The summed E-state index contributed by atoms with van der Waals surface area (Å²) in [5.41, 5.74) is -0.936. The average Bonchev–Trinajstić information content (AvgIpc) is 2.67. The molecule has 0 amide bonds. The first-order valence-electron chi connectivity index (χ1n) is 13.2. The van der Waals surface area contributed by atoms with E-state index in [2.05, 4.69) is 52.9 Å². The van der Waals surface area contributed by atoms with Crippen LogP contribution in [-0.2, 0) is 14.0 Å². The number of esters is 1. The second-order valence-electron chi connectivity index (χ2n) is 11.4. The van der Waals surface area contributed by atoms with Crippen LogP contribution in [0.3, 0.4) is 0 Å². The van der Waals surface area contributed by atoms with Crippen molar-refractivity contribution in [3.8, 4) is 0 Å². The summed E-state index contributed by atoms with van der Waals surface area (Å²) in [5.74, 6) is 0.0000793. The van der Waals surface area contributed by atoms with Crippen LogP contribution >= 0.6 is 0 Å². The van der Waals surface area contributed by atoms with Crippen LogP contribution in [0.1, 0.15) is 112 Å². The summed E-state index contributed by atoms with van der Waals surface area (Å²) < 4.78 is 11.9. The summed E-state index contributed by atoms with van der Waals surface area (Å²) in [6.45, 7) is 16.0. The predicted octanol–water partition coefficient (Wildman–Crippen LogP) is 7.56. The Labute approximate surface area is 199 Å². The fourth-order valence-corrected chi connectivity index (χ4v) is 5.65. The zero-order chi connectivity index (χ0) is 24.3. The lowest BCUT2D eigenvalue weighted by atomic mass is 9.76. The molecule has 0 aromatic rings. The van der Waals surface area contributed by atoms with Crippen molar-refractivity contribution in [1.82, 2.24) is 0 Å². The van der Waals surface area contributed by atoms with E-state index < -0.39 is 13.9 Å². The topological polar surface area (TPSA) is 55.8 Å². The van der Waals surface area contributed by atoms with Gasteiger partial charge >= 0.3 is 5.97 Å². The first-order valence-corrected chi connectivity index (χ1v) is 16.1. The van der Waals surface area contributed by atoms with Crippen molar-refractivity contribution >= 4 is 14.3 Å². The molecule has 1 N–H and O–H groups in total. The molecule has 1 unspecified atom stereocenters. The van der Waals surface area contributed by atoms with Crippen LogP contribution in [-0.4, -0.2) is 37.7 Å². The minimum absolute atomic E-state index is 0.104. The van der Waals surface area contributed by atoms with Gasteiger partial charge in [0.1, 0.15) is 0 Å². The van der Waals surface area contributed by atoms with E-state index >= 15 is 0 Å². The number of aliphatic hydroxyl groups is 1. The molecule has 1 fully saturated rings. The Morgan fingerprint density at radius 2 is 1.81 bits per heavy atom. The maximum atomic E-state index is 11.9. The number of carbonyl (C=O) groups excluding carboxylic acids is 1. The molecular formula is C27H52O4Si. The van der Waals surface area contributed by atoms with Gasteiger partial charge in [0.2, 0.25) is 0 Å². The number of hydrogen-bond acceptors (Lipinski definition) is 4. The molecule has 188 valence electrons. The summed E-state index contributed by atoms with van der Waals surface area (Å²) in [4.78, 5) is 11.9. The molecule has 0 aromatic heterocycles. The summed E-state index contributed by atoms with van der Waals surface area (Å²) in [6.07, 6.45) is 16.9. The molecule has 0 bridgehead atoms. The Hall–Kier alpha value is -0.653. The molecule has 0 aliphatic heterocycles. The van der Waals surface area contributed by atoms with E-state index in [4.69, 9.17) is 9.16 Å². The molecule has 1 aliphatic carbocycles. The van der Waals surface area contributed by atoms with E-state index in [0.717, 1.165) is 19.3 Å². The molecular weight excluding hydrogens is 416 g/mol. The Kier molecular flexibility index (Phi) is 12.8. The monoisotopic (exact) mass is 468 g/mol. The average molecular weight is 469 g/mol. The maximum Gasteiger partial charge on any atom is 0.308 e. The Morgan fingerprint density at radius 1 is 1.16 bits per heavy atom. The summed E-state index contributed by atoms with van der Waals surface area (Å²) >= 11 is 0. The lowest BCUT2D eigenvalue weighted by molar-refractivity contribution is -0.150. The zero-order valence-electron chi connectivity index (χ0n) is 22.2. The Morgan fingerprint density at radius 3 is 2.44 bits per heavy atom. The third-order valence-corrected chi connectivity index (χ3v) is 11.8. The second kappa shape index (κ2) is 13.9. The van der Waals surface area contributed by atoms with Crippen molar-refractivity contribution in [3.63, 3.8) is 0 Å². The number of rotatable bonds is 14. The highest BCUT2D eigenvalue weighted by molar-refractivity contribution is 6.74. The number of allylic oxidation sites excluding steroid dienone is 1. The van der Waals surface area contributed by atoms with Crippen LogP contribution in [0.25, 0.3) is 0 Å². The lowest BCUT2D eigenvalue weighted by Crippen LogP contribution is -2.43. The highest BCUT2D eigenvalue weighted by Gasteiger charge is 2.39. The lowest BCUT2D eigenvalue weighted by Gasteiger charge is -2.39. The van der Waals surface area contributed by atoms with E-state index in [9.17, 15) is 9.90 Å². The Bertz CT molecular complexity index is 566. The van der Waals surface area contributed by atoms with Gasteiger partial charge in [0.05, 0.1) is 24.7 Å². The fraction of sp³-hybridized carbons (Fsp3) is 0.889. The van der Waals surface area contributed by atoms with E-state index in [1.807, 2.05) is 0 Å². The first-order chi connectivity index (χ1) is 14.9. The molecule has 1 saturated carbocycles. The van der Waals surface area contributed by atoms with Gasteiger partial charge in [-0.2, -0.15) is 0 Å². The maximum absolute atomic E-state index is 11.9. The molecule has 0 heterocycles. The molecule has 0 saturated heterocycles. The first kappa shape index (κ1) is 29.4. The smallest absolute Gasteiger partial charge is 0.308 e. The van der Waals surface area contributed by atoms with Crippen LogP contribution in [0.2, 0.25) is 18.1 Å². The predicted molar refractivity (Wildman–Crippen MR) is 137 cm³/mol. The molecule has 1 rings (SSSR count). The van der Waals surface area contributed by atoms with Gasteiger partial charge in [0.15, 0.2) is 8.32 Å². The highest BCUT2D eigenvalue weighted by atomic mass is 28.4. The van der Waals surface area contributed by atoms with Gasteiger partial charge in [-0.25, -0.2) is 0 Å². The molecule has 0 aromatic carbocycles. The zero-order valence-corrected chi connectivity index (χ0v) is 23.2. The summed E-state index contributed by atoms with van der Waals surface area (Å²) in [5, 5.41) is 11.2. The van der Waals surface area contributed by atoms with Gasteiger partial charge in [-0.05, 0) is 63.1 Å². The molecule has 32 heavy (non-hydrogen) atoms. The van der Waals surface area contributed by atoms with Crippen LogP contribution in [0.4, 0.5) is 0 Å². The minimum atomic E-state index is -1.86. The number of unbranched alkanes of at least 4 members (excludes halogenated alkanes) is 5. The molecule has 5 heteroatoms. The van der Waals surface area contributed by atoms with Crippen molar-refractivity contribution in [2.75, 3.05) is 6.61 Å². The molecule has 4 nitrogen and oxygen atoms in total. The Balaban J connectivity index is 2.75. The third-order valence-electron chi connectivity index (χ3n) is 7.33. The van der Waals surface area contributed by atoms with Crippen molar-refractivity contribution in [2.24, 2.45) is 5.92 Å². The van der Waals surface area contributed by atoms with Crippen molar-refractivity contribution in [3.05, 3.63) is 12.2 Å². The van der Waals surface area contributed by atoms with Gasteiger partial charge in [-0.1, -0.05) is 78.4 Å². The van der Waals surface area contributed by atoms with Crippen LogP contribution in [0, 0.1) is 5.92 Å². The van der Waals surface area contributed by atoms with Crippen LogP contribution in [0.5, 0.6) is 0 Å². The van der Waals surface area contributed by atoms with Crippen molar-refractivity contribution in [2.45, 2.75) is 142 Å². The van der Waals surface area contributed by atoms with Gasteiger partial charge < -0.3 is 14.3 Å². The molecule has 0 spiro atoms. The number of ether oxygens (including phenoxy) is 1. The SMILES string of the molecule is CCCCCCCCC(/C=C/[C@H]1CCC[C@](O)(CC(=O)OCC)C1)O[Si](C)(C)C(C)(C)C. The van der Waals surface area contributed by atoms with Gasteiger partial charge in [-0.3, -0.25) is 4.79 Å². The second-order valence-corrected chi connectivity index (χ2v) is 16.2. The van der Waals surface area contributed by atoms with Crippen molar-refractivity contribution < 1.29 is 19.1 Å². The largest absolute Gasteiger partial charge is 0.466 e. The van der Waals surface area contributed by atoms with Gasteiger partial charge in [-0.15, -0.1) is 0 Å². The standard InChI is InChI=1S/C27H52O4Si/c1-8-10-11-12-13-14-17-24(31-32(6,7)26(3,4)5)19-18-23-16-15-20-27(29,21-23)22-25(28)30-9-2/h18-19,23-24,29H,8-17,20-22H2,1-7H3/b19-18+/t23-,24?,27-/m1/s1. The van der Waals surface area contributed by atoms with E-state index in [-0.39, 0.29) is 23.5 Å². The summed E-state index contributed by atoms with van der Waals surface area (Å²) in [7, 11) is -1.86. The van der Waals surface area contributed by atoms with Crippen LogP contribution in [0.15, 0.2) is 12.2 Å². The van der Waals surface area contributed by atoms with Gasteiger partial charge in [0, 0.05) is 0 Å². The minimum Gasteiger partial charge on any atom is -0.466 e. The molecule has 0 radical (unpaired) electrons. The van der Waals surface area contributed by atoms with Crippen LogP contribution < -0.4 is 0 Å². The normalized spacial score (nSPS) is 23.4.